The Morgan fingerprint density at radius 3 is 2.71 bits per heavy atom. The quantitative estimate of drug-likeness (QED) is 0.791. The molecule has 1 saturated carbocycles. The lowest BCUT2D eigenvalue weighted by Crippen LogP contribution is -2.36. The number of carbonyl (C=O) groups excluding carboxylic acids is 1. The van der Waals surface area contributed by atoms with Crippen LogP contribution in [0.15, 0.2) is 22.7 Å². The molecule has 1 aliphatic carbocycles. The number of nitrogens with one attached hydrogen (secondary N) is 2. The van der Waals surface area contributed by atoms with Gasteiger partial charge in [0.1, 0.15) is 0 Å². The van der Waals surface area contributed by atoms with Crippen LogP contribution in [0.4, 0.5) is 5.69 Å². The van der Waals surface area contributed by atoms with Crippen molar-refractivity contribution in [1.29, 1.82) is 0 Å². The van der Waals surface area contributed by atoms with Crippen molar-refractivity contribution in [2.45, 2.75) is 45.3 Å². The summed E-state index contributed by atoms with van der Waals surface area (Å²) in [5.74, 6) is 0.0949. The topological polar surface area (TPSA) is 44.4 Å². The SMILES string of the molecule is CC(C)NCc1ccc(N(C)CC(=O)NC2CC2)c(Br)c1. The van der Waals surface area contributed by atoms with Crippen molar-refractivity contribution in [1.82, 2.24) is 10.6 Å². The second-order valence-corrected chi connectivity index (χ2v) is 6.87. The number of likely N-dealkylation sites (N-methyl/N-ethyl adjacent to an activating group) is 1. The second-order valence-electron chi connectivity index (χ2n) is 6.02. The molecule has 1 fully saturated rings. The van der Waals surface area contributed by atoms with Gasteiger partial charge < -0.3 is 15.5 Å². The minimum absolute atomic E-state index is 0.0949. The van der Waals surface area contributed by atoms with Crippen LogP contribution in [0, 0.1) is 0 Å². The van der Waals surface area contributed by atoms with Crippen molar-refractivity contribution in [3.63, 3.8) is 0 Å². The van der Waals surface area contributed by atoms with E-state index >= 15 is 0 Å². The summed E-state index contributed by atoms with van der Waals surface area (Å²) in [5.41, 5.74) is 2.27. The monoisotopic (exact) mass is 353 g/mol. The third-order valence-electron chi connectivity index (χ3n) is 3.46. The summed E-state index contributed by atoms with van der Waals surface area (Å²) in [4.78, 5) is 13.8. The molecule has 2 N–H and O–H groups in total. The van der Waals surface area contributed by atoms with Crippen molar-refractivity contribution < 1.29 is 4.79 Å². The number of anilines is 1. The van der Waals surface area contributed by atoms with Crippen molar-refractivity contribution in [2.24, 2.45) is 0 Å². The molecule has 0 atom stereocenters. The maximum atomic E-state index is 11.9. The zero-order valence-corrected chi connectivity index (χ0v) is 14.5. The number of rotatable bonds is 7. The standard InChI is InChI=1S/C16H24BrN3O/c1-11(2)18-9-12-4-7-15(14(17)8-12)20(3)10-16(21)19-13-5-6-13/h4,7-8,11,13,18H,5-6,9-10H2,1-3H3,(H,19,21). The van der Waals surface area contributed by atoms with Gasteiger partial charge in [-0.2, -0.15) is 0 Å². The lowest BCUT2D eigenvalue weighted by Gasteiger charge is -2.21. The predicted molar refractivity (Wildman–Crippen MR) is 90.6 cm³/mol. The summed E-state index contributed by atoms with van der Waals surface area (Å²) in [5, 5.41) is 6.41. The molecular weight excluding hydrogens is 330 g/mol. The van der Waals surface area contributed by atoms with Gasteiger partial charge in [0.25, 0.3) is 0 Å². The molecule has 21 heavy (non-hydrogen) atoms. The Morgan fingerprint density at radius 1 is 1.43 bits per heavy atom. The molecule has 2 rings (SSSR count). The third-order valence-corrected chi connectivity index (χ3v) is 4.10. The molecule has 1 aromatic carbocycles. The van der Waals surface area contributed by atoms with Crippen molar-refractivity contribution in [3.8, 4) is 0 Å². The summed E-state index contributed by atoms with van der Waals surface area (Å²) in [6, 6.07) is 7.16. The van der Waals surface area contributed by atoms with Crippen LogP contribution in [0.5, 0.6) is 0 Å². The molecule has 4 nitrogen and oxygen atoms in total. The van der Waals surface area contributed by atoms with Gasteiger partial charge in [-0.25, -0.2) is 0 Å². The fourth-order valence-corrected chi connectivity index (χ4v) is 2.82. The van der Waals surface area contributed by atoms with Gasteiger partial charge in [0.15, 0.2) is 0 Å². The minimum Gasteiger partial charge on any atom is -0.364 e. The number of halogens is 1. The first-order valence-electron chi connectivity index (χ1n) is 7.48. The van der Waals surface area contributed by atoms with Gasteiger partial charge in [0.05, 0.1) is 12.2 Å². The molecule has 1 amide bonds. The van der Waals surface area contributed by atoms with Gasteiger partial charge in [-0.1, -0.05) is 19.9 Å². The van der Waals surface area contributed by atoms with Gasteiger partial charge >= 0.3 is 0 Å². The van der Waals surface area contributed by atoms with Crippen LogP contribution < -0.4 is 15.5 Å². The summed E-state index contributed by atoms with van der Waals surface area (Å²) >= 11 is 3.61. The molecule has 0 bridgehead atoms. The van der Waals surface area contributed by atoms with E-state index in [0.717, 1.165) is 29.5 Å². The average molecular weight is 354 g/mol. The third kappa shape index (κ3) is 5.32. The number of nitrogens with zero attached hydrogens (tertiary/aromatic N) is 1. The molecule has 0 aliphatic heterocycles. The number of benzene rings is 1. The van der Waals surface area contributed by atoms with Crippen LogP contribution in [0.25, 0.3) is 0 Å². The Hall–Kier alpha value is -1.07. The molecular formula is C16H24BrN3O. The van der Waals surface area contributed by atoms with E-state index in [1.807, 2.05) is 11.9 Å². The zero-order valence-electron chi connectivity index (χ0n) is 12.9. The molecule has 1 aliphatic rings. The maximum absolute atomic E-state index is 11.9. The Morgan fingerprint density at radius 2 is 2.14 bits per heavy atom. The predicted octanol–water partition coefficient (Wildman–Crippen LogP) is 2.66. The van der Waals surface area contributed by atoms with E-state index in [0.29, 0.717) is 18.6 Å². The Labute approximate surface area is 135 Å². The van der Waals surface area contributed by atoms with Crippen molar-refractivity contribution in [2.75, 3.05) is 18.5 Å². The molecule has 0 unspecified atom stereocenters. The van der Waals surface area contributed by atoms with E-state index in [1.165, 1.54) is 5.56 Å². The Kier molecular flexibility index (Phi) is 5.65. The highest BCUT2D eigenvalue weighted by Crippen LogP contribution is 2.26. The highest BCUT2D eigenvalue weighted by molar-refractivity contribution is 9.10. The van der Waals surface area contributed by atoms with E-state index in [9.17, 15) is 4.79 Å². The molecule has 5 heteroatoms. The van der Waals surface area contributed by atoms with Gasteiger partial charge in [0.2, 0.25) is 5.91 Å². The van der Waals surface area contributed by atoms with Crippen LogP contribution in [0.3, 0.4) is 0 Å². The molecule has 1 aromatic rings. The number of hydrogen-bond acceptors (Lipinski definition) is 3. The smallest absolute Gasteiger partial charge is 0.239 e. The Bertz CT molecular complexity index is 500. The molecule has 0 radical (unpaired) electrons. The van der Waals surface area contributed by atoms with Gasteiger partial charge in [-0.15, -0.1) is 0 Å². The van der Waals surface area contributed by atoms with Gasteiger partial charge in [-0.3, -0.25) is 4.79 Å². The summed E-state index contributed by atoms with van der Waals surface area (Å²) in [6.45, 7) is 5.51. The normalized spacial score (nSPS) is 14.3. The van der Waals surface area contributed by atoms with E-state index in [4.69, 9.17) is 0 Å². The summed E-state index contributed by atoms with van der Waals surface area (Å²) in [7, 11) is 1.94. The first kappa shape index (κ1) is 16.3. The van der Waals surface area contributed by atoms with E-state index in [-0.39, 0.29) is 5.91 Å². The van der Waals surface area contributed by atoms with Crippen LogP contribution in [-0.2, 0) is 11.3 Å². The molecule has 0 spiro atoms. The highest BCUT2D eigenvalue weighted by atomic mass is 79.9. The second kappa shape index (κ2) is 7.27. The van der Waals surface area contributed by atoms with E-state index in [1.54, 1.807) is 0 Å². The number of carbonyl (C=O) groups is 1. The van der Waals surface area contributed by atoms with Crippen LogP contribution in [0.2, 0.25) is 0 Å². The lowest BCUT2D eigenvalue weighted by atomic mass is 10.2. The van der Waals surface area contributed by atoms with E-state index < -0.39 is 0 Å². The maximum Gasteiger partial charge on any atom is 0.239 e. The summed E-state index contributed by atoms with van der Waals surface area (Å²) in [6.07, 6.45) is 2.24. The summed E-state index contributed by atoms with van der Waals surface area (Å²) < 4.78 is 1.02. The fraction of sp³-hybridized carbons (Fsp3) is 0.562. The van der Waals surface area contributed by atoms with E-state index in [2.05, 4.69) is 58.6 Å². The van der Waals surface area contributed by atoms with Crippen molar-refractivity contribution in [3.05, 3.63) is 28.2 Å². The van der Waals surface area contributed by atoms with Gasteiger partial charge in [-0.05, 0) is 46.5 Å². The number of amides is 1. The number of hydrogen-bond donors (Lipinski definition) is 2. The zero-order chi connectivity index (χ0) is 15.4. The molecule has 116 valence electrons. The largest absolute Gasteiger partial charge is 0.364 e. The fourth-order valence-electron chi connectivity index (χ4n) is 2.09. The van der Waals surface area contributed by atoms with Crippen LogP contribution in [-0.4, -0.2) is 31.6 Å². The van der Waals surface area contributed by atoms with Crippen LogP contribution in [0.1, 0.15) is 32.3 Å². The Balaban J connectivity index is 1.93. The van der Waals surface area contributed by atoms with Crippen molar-refractivity contribution >= 4 is 27.5 Å². The average Bonchev–Trinajstić information content (AvgIpc) is 3.19. The molecule has 0 heterocycles. The molecule has 0 aromatic heterocycles. The van der Waals surface area contributed by atoms with Crippen LogP contribution >= 0.6 is 15.9 Å². The first-order chi connectivity index (χ1) is 9.95. The lowest BCUT2D eigenvalue weighted by molar-refractivity contribution is -0.119. The minimum atomic E-state index is 0.0949. The molecule has 0 saturated heterocycles. The highest BCUT2D eigenvalue weighted by Gasteiger charge is 2.23. The first-order valence-corrected chi connectivity index (χ1v) is 8.27. The van der Waals surface area contributed by atoms with Gasteiger partial charge in [0, 0.05) is 30.1 Å².